The molecule has 3 rings (SSSR count). The van der Waals surface area contributed by atoms with Crippen LogP contribution in [0, 0.1) is 5.92 Å². The van der Waals surface area contributed by atoms with Gasteiger partial charge in [0.05, 0.1) is 13.7 Å². The molecule has 0 aliphatic carbocycles. The number of nitrogens with one attached hydrogen (secondary N) is 1. The fourth-order valence-corrected chi connectivity index (χ4v) is 3.20. The molecule has 1 N–H and O–H groups in total. The van der Waals surface area contributed by atoms with Crippen molar-refractivity contribution >= 4 is 17.5 Å². The van der Waals surface area contributed by atoms with Crippen molar-refractivity contribution < 1.29 is 19.1 Å². The van der Waals surface area contributed by atoms with Crippen LogP contribution in [0.4, 0.5) is 5.69 Å². The van der Waals surface area contributed by atoms with Gasteiger partial charge in [-0.25, -0.2) is 0 Å². The van der Waals surface area contributed by atoms with Crippen molar-refractivity contribution in [1.82, 2.24) is 5.32 Å². The molecular weight excluding hydrogens is 344 g/mol. The van der Waals surface area contributed by atoms with Gasteiger partial charge >= 0.3 is 0 Å². The second kappa shape index (κ2) is 8.58. The maximum Gasteiger partial charge on any atom is 0.239 e. The molecule has 1 unspecified atom stereocenters. The number of hydrogen-bond donors (Lipinski definition) is 1. The first-order valence-electron chi connectivity index (χ1n) is 9.08. The van der Waals surface area contributed by atoms with Gasteiger partial charge in [0.2, 0.25) is 11.8 Å². The Morgan fingerprint density at radius 3 is 2.67 bits per heavy atom. The van der Waals surface area contributed by atoms with Crippen LogP contribution in [0.15, 0.2) is 48.5 Å². The third-order valence-electron chi connectivity index (χ3n) is 4.58. The van der Waals surface area contributed by atoms with Crippen LogP contribution in [-0.4, -0.2) is 32.1 Å². The Hall–Kier alpha value is -3.02. The summed E-state index contributed by atoms with van der Waals surface area (Å²) in [5.74, 6) is 0.251. The summed E-state index contributed by atoms with van der Waals surface area (Å²) in [5.41, 5.74) is 1.72. The second-order valence-electron chi connectivity index (χ2n) is 6.30. The number of benzene rings is 2. The van der Waals surface area contributed by atoms with Crippen LogP contribution in [0.2, 0.25) is 0 Å². The predicted molar refractivity (Wildman–Crippen MR) is 103 cm³/mol. The molecule has 2 aromatic carbocycles. The SMILES string of the molecule is CCOc1cc(CNC(=O)C2CCN(c3ccccc3)C2=O)ccc1OC. The molecule has 2 aromatic rings. The lowest BCUT2D eigenvalue weighted by molar-refractivity contribution is -0.132. The molecule has 1 fully saturated rings. The molecule has 1 atom stereocenters. The van der Waals surface area contributed by atoms with Gasteiger partial charge in [0.15, 0.2) is 11.5 Å². The third kappa shape index (κ3) is 4.22. The largest absolute Gasteiger partial charge is 0.493 e. The third-order valence-corrected chi connectivity index (χ3v) is 4.58. The van der Waals surface area contributed by atoms with Crippen LogP contribution in [0.5, 0.6) is 11.5 Å². The van der Waals surface area contributed by atoms with Crippen LogP contribution >= 0.6 is 0 Å². The Bertz CT molecular complexity index is 807. The highest BCUT2D eigenvalue weighted by molar-refractivity contribution is 6.09. The summed E-state index contributed by atoms with van der Waals surface area (Å²) in [5, 5.41) is 2.87. The first-order valence-corrected chi connectivity index (χ1v) is 9.08. The minimum Gasteiger partial charge on any atom is -0.493 e. The number of anilines is 1. The summed E-state index contributed by atoms with van der Waals surface area (Å²) < 4.78 is 10.8. The van der Waals surface area contributed by atoms with E-state index in [9.17, 15) is 9.59 Å². The van der Waals surface area contributed by atoms with Gasteiger partial charge in [0, 0.05) is 18.8 Å². The Kier molecular flexibility index (Phi) is 5.96. The molecule has 1 saturated heterocycles. The highest BCUT2D eigenvalue weighted by atomic mass is 16.5. The molecule has 142 valence electrons. The number of amides is 2. The van der Waals surface area contributed by atoms with Crippen LogP contribution in [0.1, 0.15) is 18.9 Å². The molecule has 2 amide bonds. The molecule has 1 aliphatic heterocycles. The number of ether oxygens (including phenoxy) is 2. The fraction of sp³-hybridized carbons (Fsp3) is 0.333. The van der Waals surface area contributed by atoms with Crippen molar-refractivity contribution in [3.8, 4) is 11.5 Å². The molecule has 6 heteroatoms. The van der Waals surface area contributed by atoms with Gasteiger partial charge in [-0.15, -0.1) is 0 Å². The van der Waals surface area contributed by atoms with Crippen molar-refractivity contribution in [1.29, 1.82) is 0 Å². The molecule has 1 heterocycles. The van der Waals surface area contributed by atoms with Crippen molar-refractivity contribution in [3.05, 3.63) is 54.1 Å². The number of rotatable bonds is 7. The number of para-hydroxylation sites is 1. The highest BCUT2D eigenvalue weighted by Crippen LogP contribution is 2.28. The van der Waals surface area contributed by atoms with E-state index >= 15 is 0 Å². The summed E-state index contributed by atoms with van der Waals surface area (Å²) in [7, 11) is 1.59. The van der Waals surface area contributed by atoms with E-state index in [2.05, 4.69) is 5.32 Å². The standard InChI is InChI=1S/C21H24N2O4/c1-3-27-19-13-15(9-10-18(19)26-2)14-22-20(24)17-11-12-23(21(17)25)16-7-5-4-6-8-16/h4-10,13,17H,3,11-12,14H2,1-2H3,(H,22,24). The topological polar surface area (TPSA) is 67.9 Å². The van der Waals surface area contributed by atoms with Crippen molar-refractivity contribution in [2.24, 2.45) is 5.92 Å². The molecule has 27 heavy (non-hydrogen) atoms. The lowest BCUT2D eigenvalue weighted by atomic mass is 10.1. The number of hydrogen-bond acceptors (Lipinski definition) is 4. The minimum atomic E-state index is -0.644. The number of carbonyl (C=O) groups is 2. The highest BCUT2D eigenvalue weighted by Gasteiger charge is 2.37. The van der Waals surface area contributed by atoms with E-state index < -0.39 is 5.92 Å². The van der Waals surface area contributed by atoms with Crippen LogP contribution in [0.3, 0.4) is 0 Å². The van der Waals surface area contributed by atoms with Crippen molar-refractivity contribution in [2.45, 2.75) is 19.9 Å². The average molecular weight is 368 g/mol. The lowest BCUT2D eigenvalue weighted by Gasteiger charge is -2.16. The second-order valence-corrected chi connectivity index (χ2v) is 6.30. The minimum absolute atomic E-state index is 0.150. The summed E-state index contributed by atoms with van der Waals surface area (Å²) in [6.07, 6.45) is 0.520. The monoisotopic (exact) mass is 368 g/mol. The van der Waals surface area contributed by atoms with Gasteiger partial charge < -0.3 is 19.7 Å². The quantitative estimate of drug-likeness (QED) is 0.763. The maximum absolute atomic E-state index is 12.6. The predicted octanol–water partition coefficient (Wildman–Crippen LogP) is 2.76. The van der Waals surface area contributed by atoms with E-state index in [1.165, 1.54) is 0 Å². The van der Waals surface area contributed by atoms with Gasteiger partial charge in [-0.05, 0) is 43.2 Å². The number of nitrogens with zero attached hydrogens (tertiary/aromatic N) is 1. The van der Waals surface area contributed by atoms with Gasteiger partial charge in [-0.3, -0.25) is 9.59 Å². The van der Waals surface area contributed by atoms with E-state index in [0.717, 1.165) is 11.3 Å². The molecule has 0 bridgehead atoms. The van der Waals surface area contributed by atoms with E-state index in [4.69, 9.17) is 9.47 Å². The summed E-state index contributed by atoms with van der Waals surface area (Å²) >= 11 is 0. The normalized spacial score (nSPS) is 16.3. The van der Waals surface area contributed by atoms with E-state index in [1.807, 2.05) is 55.5 Å². The zero-order valence-electron chi connectivity index (χ0n) is 15.6. The molecule has 0 saturated carbocycles. The fourth-order valence-electron chi connectivity index (χ4n) is 3.20. The summed E-state index contributed by atoms with van der Waals surface area (Å²) in [4.78, 5) is 26.8. The van der Waals surface area contributed by atoms with Gasteiger partial charge in [-0.1, -0.05) is 24.3 Å². The Labute approximate surface area is 159 Å². The van der Waals surface area contributed by atoms with Gasteiger partial charge in [0.25, 0.3) is 0 Å². The zero-order valence-corrected chi connectivity index (χ0v) is 15.6. The Morgan fingerprint density at radius 2 is 1.96 bits per heavy atom. The first-order chi connectivity index (χ1) is 13.1. The van der Waals surface area contributed by atoms with Crippen molar-refractivity contribution in [3.63, 3.8) is 0 Å². The number of methoxy groups -OCH3 is 1. The lowest BCUT2D eigenvalue weighted by Crippen LogP contribution is -2.36. The van der Waals surface area contributed by atoms with E-state index in [-0.39, 0.29) is 11.8 Å². The molecule has 6 nitrogen and oxygen atoms in total. The first kappa shape index (κ1) is 18.8. The van der Waals surface area contributed by atoms with E-state index in [0.29, 0.717) is 37.6 Å². The van der Waals surface area contributed by atoms with Crippen LogP contribution in [-0.2, 0) is 16.1 Å². The molecule has 0 spiro atoms. The van der Waals surface area contributed by atoms with Crippen LogP contribution in [0.25, 0.3) is 0 Å². The molecule has 1 aliphatic rings. The molecule has 0 radical (unpaired) electrons. The zero-order chi connectivity index (χ0) is 19.2. The van der Waals surface area contributed by atoms with Crippen LogP contribution < -0.4 is 19.7 Å². The van der Waals surface area contributed by atoms with E-state index in [1.54, 1.807) is 12.0 Å². The van der Waals surface area contributed by atoms with Crippen molar-refractivity contribution in [2.75, 3.05) is 25.2 Å². The molecular formula is C21H24N2O4. The maximum atomic E-state index is 12.6. The van der Waals surface area contributed by atoms with Gasteiger partial charge in [0.1, 0.15) is 5.92 Å². The Balaban J connectivity index is 1.61. The summed E-state index contributed by atoms with van der Waals surface area (Å²) in [6, 6.07) is 15.0. The average Bonchev–Trinajstić information content (AvgIpc) is 3.08. The summed E-state index contributed by atoms with van der Waals surface area (Å²) in [6.45, 7) is 3.31. The molecule has 0 aromatic heterocycles. The smallest absolute Gasteiger partial charge is 0.239 e. The number of carbonyl (C=O) groups excluding carboxylic acids is 2. The Morgan fingerprint density at radius 1 is 1.19 bits per heavy atom. The van der Waals surface area contributed by atoms with Gasteiger partial charge in [-0.2, -0.15) is 0 Å².